The van der Waals surface area contributed by atoms with Gasteiger partial charge < -0.3 is 10.6 Å². The first-order valence-electron chi connectivity index (χ1n) is 3.42. The minimum absolute atomic E-state index is 0.392. The number of halogens is 1. The summed E-state index contributed by atoms with van der Waals surface area (Å²) in [7, 11) is 0. The van der Waals surface area contributed by atoms with E-state index >= 15 is 0 Å². The van der Waals surface area contributed by atoms with Gasteiger partial charge in [-0.05, 0) is 0 Å². The second-order valence-electron chi connectivity index (χ2n) is 3.06. The van der Waals surface area contributed by atoms with E-state index in [0.29, 0.717) is 25.6 Å². The van der Waals surface area contributed by atoms with Crippen molar-refractivity contribution in [2.45, 2.75) is 18.1 Å². The van der Waals surface area contributed by atoms with Crippen LogP contribution in [0.15, 0.2) is 0 Å². The summed E-state index contributed by atoms with van der Waals surface area (Å²) in [6, 6.07) is 0.392. The molecule has 9 heavy (non-hydrogen) atoms. The third kappa shape index (κ3) is 0.843. The topological polar surface area (TPSA) is 24.1 Å². The van der Waals surface area contributed by atoms with Crippen LogP contribution in [0.1, 0.15) is 6.42 Å². The summed E-state index contributed by atoms with van der Waals surface area (Å²) in [5, 5.41) is 6.17. The molecule has 0 aliphatic carbocycles. The lowest BCUT2D eigenvalue weighted by atomic mass is 9.99. The van der Waals surface area contributed by atoms with Crippen LogP contribution >= 0.6 is 0 Å². The van der Waals surface area contributed by atoms with E-state index in [1.807, 2.05) is 0 Å². The molecule has 2 aliphatic heterocycles. The molecule has 2 saturated heterocycles. The maximum absolute atomic E-state index is 13.2. The Balaban J connectivity index is 2.13. The summed E-state index contributed by atoms with van der Waals surface area (Å²) < 4.78 is 13.2. The summed E-state index contributed by atoms with van der Waals surface area (Å²) in [5.41, 5.74) is -0.928. The molecule has 0 amide bonds. The Morgan fingerprint density at radius 3 is 3.00 bits per heavy atom. The lowest BCUT2D eigenvalue weighted by Crippen LogP contribution is -2.44. The normalized spacial score (nSPS) is 49.7. The lowest BCUT2D eigenvalue weighted by molar-refractivity contribution is 0.165. The molecule has 2 unspecified atom stereocenters. The molecule has 2 N–H and O–H groups in total. The average Bonchev–Trinajstić information content (AvgIpc) is 2.07. The van der Waals surface area contributed by atoms with Crippen molar-refractivity contribution in [2.75, 3.05) is 19.6 Å². The zero-order valence-electron chi connectivity index (χ0n) is 5.28. The number of alkyl halides is 1. The zero-order valence-corrected chi connectivity index (χ0v) is 5.28. The van der Waals surface area contributed by atoms with E-state index < -0.39 is 5.67 Å². The lowest BCUT2D eigenvalue weighted by Gasteiger charge is -2.24. The van der Waals surface area contributed by atoms with Gasteiger partial charge in [0.1, 0.15) is 5.67 Å². The van der Waals surface area contributed by atoms with Gasteiger partial charge in [0.2, 0.25) is 0 Å². The molecule has 2 aliphatic rings. The van der Waals surface area contributed by atoms with Crippen LogP contribution in [0.4, 0.5) is 4.39 Å². The Kier molecular flexibility index (Phi) is 1.04. The van der Waals surface area contributed by atoms with E-state index in [9.17, 15) is 4.39 Å². The minimum atomic E-state index is -0.928. The van der Waals surface area contributed by atoms with Crippen molar-refractivity contribution in [1.82, 2.24) is 10.6 Å². The molecule has 0 saturated carbocycles. The molecule has 2 nitrogen and oxygen atoms in total. The summed E-state index contributed by atoms with van der Waals surface area (Å²) in [5.74, 6) is 0. The van der Waals surface area contributed by atoms with Gasteiger partial charge >= 0.3 is 0 Å². The van der Waals surface area contributed by atoms with Crippen molar-refractivity contribution >= 4 is 0 Å². The highest BCUT2D eigenvalue weighted by Gasteiger charge is 2.41. The largest absolute Gasteiger partial charge is 0.312 e. The highest BCUT2D eigenvalue weighted by molar-refractivity contribution is 5.00. The summed E-state index contributed by atoms with van der Waals surface area (Å²) >= 11 is 0. The van der Waals surface area contributed by atoms with E-state index in [0.717, 1.165) is 6.54 Å². The summed E-state index contributed by atoms with van der Waals surface area (Å²) in [4.78, 5) is 0. The Morgan fingerprint density at radius 2 is 2.33 bits per heavy atom. The van der Waals surface area contributed by atoms with Gasteiger partial charge in [0.25, 0.3) is 0 Å². The van der Waals surface area contributed by atoms with Crippen LogP contribution < -0.4 is 10.6 Å². The number of hydrogen-bond donors (Lipinski definition) is 2. The van der Waals surface area contributed by atoms with Gasteiger partial charge in [0, 0.05) is 32.1 Å². The van der Waals surface area contributed by atoms with Gasteiger partial charge in [-0.1, -0.05) is 0 Å². The second kappa shape index (κ2) is 1.67. The number of fused-ring (bicyclic) bond motifs is 2. The third-order valence-electron chi connectivity index (χ3n) is 2.15. The Labute approximate surface area is 53.8 Å². The van der Waals surface area contributed by atoms with Crippen LogP contribution in [0, 0.1) is 0 Å². The predicted octanol–water partition coefficient (Wildman–Crippen LogP) is -0.340. The number of nitrogens with one attached hydrogen (secondary N) is 2. The fraction of sp³-hybridized carbons (Fsp3) is 1.00. The standard InChI is InChI=1S/C6H11FN2/c7-6-1-5(9-4-6)2-8-3-6/h5,8-9H,1-4H2. The van der Waals surface area contributed by atoms with Crippen molar-refractivity contribution in [3.63, 3.8) is 0 Å². The fourth-order valence-electron chi connectivity index (χ4n) is 1.66. The molecule has 2 atom stereocenters. The van der Waals surface area contributed by atoms with Crippen molar-refractivity contribution in [3.05, 3.63) is 0 Å². The van der Waals surface area contributed by atoms with Crippen molar-refractivity contribution in [3.8, 4) is 0 Å². The zero-order chi connectivity index (χ0) is 6.32. The highest BCUT2D eigenvalue weighted by atomic mass is 19.1. The van der Waals surface area contributed by atoms with E-state index in [2.05, 4.69) is 10.6 Å². The first kappa shape index (κ1) is 5.62. The van der Waals surface area contributed by atoms with Crippen molar-refractivity contribution in [1.29, 1.82) is 0 Å². The number of hydrogen-bond acceptors (Lipinski definition) is 2. The highest BCUT2D eigenvalue weighted by Crippen LogP contribution is 2.25. The molecule has 52 valence electrons. The van der Waals surface area contributed by atoms with Crippen molar-refractivity contribution in [2.24, 2.45) is 0 Å². The average molecular weight is 130 g/mol. The summed E-state index contributed by atoms with van der Waals surface area (Å²) in [6.07, 6.45) is 0.708. The van der Waals surface area contributed by atoms with Gasteiger partial charge in [-0.25, -0.2) is 4.39 Å². The maximum atomic E-state index is 13.2. The molecule has 2 rings (SSSR count). The van der Waals surface area contributed by atoms with Crippen LogP contribution in [-0.4, -0.2) is 31.3 Å². The van der Waals surface area contributed by atoms with E-state index in [1.165, 1.54) is 0 Å². The molecular weight excluding hydrogens is 119 g/mol. The first-order chi connectivity index (χ1) is 4.29. The van der Waals surface area contributed by atoms with Crippen LogP contribution in [0.3, 0.4) is 0 Å². The smallest absolute Gasteiger partial charge is 0.137 e. The Bertz CT molecular complexity index is 124. The summed E-state index contributed by atoms with van der Waals surface area (Å²) in [6.45, 7) is 2.02. The molecule has 0 spiro atoms. The number of piperidine rings is 1. The molecule has 2 heterocycles. The molecular formula is C6H11FN2. The monoisotopic (exact) mass is 130 g/mol. The SMILES string of the molecule is FC12CNCC(C1)NC2. The van der Waals surface area contributed by atoms with Gasteiger partial charge in [-0.15, -0.1) is 0 Å². The molecule has 3 heteroatoms. The van der Waals surface area contributed by atoms with E-state index in [4.69, 9.17) is 0 Å². The van der Waals surface area contributed by atoms with Gasteiger partial charge in [-0.2, -0.15) is 0 Å². The van der Waals surface area contributed by atoms with Gasteiger partial charge in [0.15, 0.2) is 0 Å². The molecule has 0 radical (unpaired) electrons. The molecule has 0 aromatic heterocycles. The Morgan fingerprint density at radius 1 is 1.44 bits per heavy atom. The molecule has 2 fully saturated rings. The van der Waals surface area contributed by atoms with E-state index in [-0.39, 0.29) is 0 Å². The maximum Gasteiger partial charge on any atom is 0.137 e. The Hall–Kier alpha value is -0.150. The molecule has 0 aromatic carbocycles. The third-order valence-corrected chi connectivity index (χ3v) is 2.15. The second-order valence-corrected chi connectivity index (χ2v) is 3.06. The predicted molar refractivity (Wildman–Crippen MR) is 33.1 cm³/mol. The van der Waals surface area contributed by atoms with Gasteiger partial charge in [0.05, 0.1) is 0 Å². The fourth-order valence-corrected chi connectivity index (χ4v) is 1.66. The first-order valence-corrected chi connectivity index (χ1v) is 3.42. The van der Waals surface area contributed by atoms with Crippen LogP contribution in [0.2, 0.25) is 0 Å². The van der Waals surface area contributed by atoms with Gasteiger partial charge in [-0.3, -0.25) is 0 Å². The molecule has 0 aromatic rings. The van der Waals surface area contributed by atoms with Crippen molar-refractivity contribution < 1.29 is 4.39 Å². The van der Waals surface area contributed by atoms with Crippen LogP contribution in [-0.2, 0) is 0 Å². The number of rotatable bonds is 0. The van der Waals surface area contributed by atoms with Crippen LogP contribution in [0.5, 0.6) is 0 Å². The van der Waals surface area contributed by atoms with Crippen LogP contribution in [0.25, 0.3) is 0 Å². The van der Waals surface area contributed by atoms with E-state index in [1.54, 1.807) is 0 Å². The molecule has 2 bridgehead atoms. The minimum Gasteiger partial charge on any atom is -0.312 e. The quantitative estimate of drug-likeness (QED) is 0.469.